The second-order valence-electron chi connectivity index (χ2n) is 4.20. The summed E-state index contributed by atoms with van der Waals surface area (Å²) in [6.07, 6.45) is 0.924. The highest BCUT2D eigenvalue weighted by molar-refractivity contribution is 7.89. The lowest BCUT2D eigenvalue weighted by Gasteiger charge is -2.12. The molecule has 0 bridgehead atoms. The van der Waals surface area contributed by atoms with Gasteiger partial charge in [-0.1, -0.05) is 6.92 Å². The molecule has 1 aromatic heterocycles. The van der Waals surface area contributed by atoms with E-state index in [1.165, 1.54) is 18.4 Å². The molecular formula is C10H19ClN6O2S. The third-order valence-electron chi connectivity index (χ3n) is 2.34. The number of rotatable bonds is 8. The maximum atomic E-state index is 11.6. The van der Waals surface area contributed by atoms with Crippen LogP contribution in [-0.4, -0.2) is 60.6 Å². The molecule has 0 atom stereocenters. The lowest BCUT2D eigenvalue weighted by molar-refractivity contribution is 0.521. The van der Waals surface area contributed by atoms with Crippen LogP contribution >= 0.6 is 11.6 Å². The van der Waals surface area contributed by atoms with Crippen molar-refractivity contribution in [2.45, 2.75) is 13.3 Å². The number of hydrogen-bond donors (Lipinski definition) is 2. The van der Waals surface area contributed by atoms with E-state index in [1.54, 1.807) is 0 Å². The molecule has 0 aliphatic carbocycles. The fraction of sp³-hybridized carbons (Fsp3) is 0.700. The van der Waals surface area contributed by atoms with E-state index in [0.717, 1.165) is 13.0 Å². The highest BCUT2D eigenvalue weighted by Crippen LogP contribution is 2.09. The Morgan fingerprint density at radius 2 is 1.65 bits per heavy atom. The highest BCUT2D eigenvalue weighted by Gasteiger charge is 2.13. The summed E-state index contributed by atoms with van der Waals surface area (Å²) in [5.41, 5.74) is 0. The topological polar surface area (TPSA) is 100 Å². The number of nitrogens with zero attached hydrogens (tertiary/aromatic N) is 4. The van der Waals surface area contributed by atoms with Gasteiger partial charge in [-0.2, -0.15) is 15.0 Å². The van der Waals surface area contributed by atoms with E-state index >= 15 is 0 Å². The molecule has 10 heteroatoms. The Labute approximate surface area is 124 Å². The standard InChI is InChI=1S/C10H19ClN6O2S/c1-4-5-12-9-14-8(11)15-10(16-9)13-6-7-20(18,19)17(2)3/h4-7H2,1-3H3,(H2,12,13,14,15,16). The third-order valence-corrected chi connectivity index (χ3v) is 4.34. The molecule has 0 amide bonds. The van der Waals surface area contributed by atoms with Crippen LogP contribution in [0.2, 0.25) is 5.28 Å². The first-order valence-corrected chi connectivity index (χ1v) is 8.13. The SMILES string of the molecule is CCCNc1nc(Cl)nc(NCCS(=O)(=O)N(C)C)n1. The summed E-state index contributed by atoms with van der Waals surface area (Å²) >= 11 is 5.78. The summed E-state index contributed by atoms with van der Waals surface area (Å²) in [5.74, 6) is 0.559. The minimum Gasteiger partial charge on any atom is -0.354 e. The van der Waals surface area contributed by atoms with Crippen molar-refractivity contribution >= 4 is 33.5 Å². The lowest BCUT2D eigenvalue weighted by atomic mass is 10.5. The molecular weight excluding hydrogens is 304 g/mol. The van der Waals surface area contributed by atoms with Crippen LogP contribution in [0.5, 0.6) is 0 Å². The first-order valence-electron chi connectivity index (χ1n) is 6.14. The number of hydrogen-bond acceptors (Lipinski definition) is 7. The molecule has 20 heavy (non-hydrogen) atoms. The van der Waals surface area contributed by atoms with E-state index in [1.807, 2.05) is 6.92 Å². The molecule has 0 fully saturated rings. The predicted molar refractivity (Wildman–Crippen MR) is 79.6 cm³/mol. The third kappa shape index (κ3) is 5.43. The highest BCUT2D eigenvalue weighted by atomic mass is 35.5. The van der Waals surface area contributed by atoms with Crippen molar-refractivity contribution in [3.8, 4) is 0 Å². The minimum absolute atomic E-state index is 0.0524. The molecule has 8 nitrogen and oxygen atoms in total. The van der Waals surface area contributed by atoms with Crippen LogP contribution in [0.15, 0.2) is 0 Å². The molecule has 0 aromatic carbocycles. The molecule has 0 aliphatic rings. The Morgan fingerprint density at radius 3 is 2.15 bits per heavy atom. The zero-order valence-electron chi connectivity index (χ0n) is 11.7. The van der Waals surface area contributed by atoms with Gasteiger partial charge in [0.15, 0.2) is 0 Å². The molecule has 0 saturated heterocycles. The van der Waals surface area contributed by atoms with Gasteiger partial charge in [-0.15, -0.1) is 0 Å². The van der Waals surface area contributed by atoms with Gasteiger partial charge in [0.2, 0.25) is 27.2 Å². The van der Waals surface area contributed by atoms with Gasteiger partial charge in [0.1, 0.15) is 0 Å². The average Bonchev–Trinajstić information content (AvgIpc) is 2.35. The van der Waals surface area contributed by atoms with Gasteiger partial charge in [-0.05, 0) is 18.0 Å². The molecule has 0 radical (unpaired) electrons. The van der Waals surface area contributed by atoms with Crippen LogP contribution in [0.1, 0.15) is 13.3 Å². The van der Waals surface area contributed by atoms with Crippen molar-refractivity contribution in [3.63, 3.8) is 0 Å². The molecule has 0 aliphatic heterocycles. The number of aromatic nitrogens is 3. The molecule has 1 rings (SSSR count). The maximum Gasteiger partial charge on any atom is 0.228 e. The Morgan fingerprint density at radius 1 is 1.10 bits per heavy atom. The van der Waals surface area contributed by atoms with E-state index in [4.69, 9.17) is 11.6 Å². The van der Waals surface area contributed by atoms with Gasteiger partial charge in [0.25, 0.3) is 0 Å². The number of halogens is 1. The van der Waals surface area contributed by atoms with Crippen molar-refractivity contribution in [2.24, 2.45) is 0 Å². The van der Waals surface area contributed by atoms with Gasteiger partial charge in [-0.3, -0.25) is 0 Å². The Balaban J connectivity index is 2.62. The van der Waals surface area contributed by atoms with Gasteiger partial charge in [-0.25, -0.2) is 12.7 Å². The van der Waals surface area contributed by atoms with E-state index in [0.29, 0.717) is 5.95 Å². The number of sulfonamides is 1. The second-order valence-corrected chi connectivity index (χ2v) is 6.84. The summed E-state index contributed by atoms with van der Waals surface area (Å²) in [6.45, 7) is 2.92. The number of anilines is 2. The zero-order valence-corrected chi connectivity index (χ0v) is 13.3. The van der Waals surface area contributed by atoms with Gasteiger partial charge >= 0.3 is 0 Å². The van der Waals surface area contributed by atoms with Gasteiger partial charge in [0, 0.05) is 27.2 Å². The lowest BCUT2D eigenvalue weighted by Crippen LogP contribution is -2.28. The van der Waals surface area contributed by atoms with Crippen molar-refractivity contribution in [1.82, 2.24) is 19.3 Å². The normalized spacial score (nSPS) is 11.7. The predicted octanol–water partition coefficient (Wildman–Crippen LogP) is 0.650. The minimum atomic E-state index is -3.25. The first-order chi connectivity index (χ1) is 9.35. The summed E-state index contributed by atoms with van der Waals surface area (Å²) in [7, 11) is -0.276. The molecule has 0 saturated carbocycles. The fourth-order valence-electron chi connectivity index (χ4n) is 1.22. The van der Waals surface area contributed by atoms with E-state index in [-0.39, 0.29) is 23.5 Å². The van der Waals surface area contributed by atoms with E-state index < -0.39 is 10.0 Å². The van der Waals surface area contributed by atoms with Crippen LogP contribution in [0, 0.1) is 0 Å². The first kappa shape index (κ1) is 16.9. The molecule has 0 spiro atoms. The zero-order chi connectivity index (χ0) is 15.2. The Kier molecular flexibility index (Phi) is 6.37. The summed E-state index contributed by atoms with van der Waals surface area (Å²) < 4.78 is 24.4. The Hall–Kier alpha value is -1.19. The summed E-state index contributed by atoms with van der Waals surface area (Å²) in [6, 6.07) is 0. The fourth-order valence-corrected chi connectivity index (χ4v) is 2.10. The molecule has 1 aromatic rings. The van der Waals surface area contributed by atoms with Gasteiger partial charge < -0.3 is 10.6 Å². The van der Waals surface area contributed by atoms with Crippen LogP contribution in [0.25, 0.3) is 0 Å². The summed E-state index contributed by atoms with van der Waals surface area (Å²) in [5, 5.41) is 5.86. The van der Waals surface area contributed by atoms with Crippen molar-refractivity contribution in [1.29, 1.82) is 0 Å². The Bertz CT molecular complexity index is 537. The van der Waals surface area contributed by atoms with Crippen LogP contribution < -0.4 is 10.6 Å². The molecule has 1 heterocycles. The van der Waals surface area contributed by atoms with Crippen molar-refractivity contribution < 1.29 is 8.42 Å². The smallest absolute Gasteiger partial charge is 0.228 e. The quantitative estimate of drug-likeness (QED) is 0.724. The second kappa shape index (κ2) is 7.55. The largest absolute Gasteiger partial charge is 0.354 e. The van der Waals surface area contributed by atoms with E-state index in [9.17, 15) is 8.42 Å². The average molecular weight is 323 g/mol. The van der Waals surface area contributed by atoms with Crippen LogP contribution in [0.3, 0.4) is 0 Å². The number of nitrogens with one attached hydrogen (secondary N) is 2. The molecule has 2 N–H and O–H groups in total. The van der Waals surface area contributed by atoms with Crippen molar-refractivity contribution in [3.05, 3.63) is 5.28 Å². The molecule has 0 unspecified atom stereocenters. The van der Waals surface area contributed by atoms with Crippen LogP contribution in [-0.2, 0) is 10.0 Å². The maximum absolute atomic E-state index is 11.6. The van der Waals surface area contributed by atoms with Crippen molar-refractivity contribution in [2.75, 3.05) is 43.6 Å². The van der Waals surface area contributed by atoms with Crippen LogP contribution in [0.4, 0.5) is 11.9 Å². The van der Waals surface area contributed by atoms with E-state index in [2.05, 4.69) is 25.6 Å². The molecule has 114 valence electrons. The summed E-state index contributed by atoms with van der Waals surface area (Å²) in [4.78, 5) is 11.9. The monoisotopic (exact) mass is 322 g/mol. The van der Waals surface area contributed by atoms with Gasteiger partial charge in [0.05, 0.1) is 5.75 Å².